The average molecular weight is 334 g/mol. The summed E-state index contributed by atoms with van der Waals surface area (Å²) in [5, 5.41) is 25.3. The molecule has 0 saturated heterocycles. The summed E-state index contributed by atoms with van der Waals surface area (Å²) >= 11 is 0. The van der Waals surface area contributed by atoms with E-state index in [1.54, 1.807) is 60.7 Å². The van der Waals surface area contributed by atoms with Gasteiger partial charge in [0.15, 0.2) is 11.6 Å². The average Bonchev–Trinajstić information content (AvgIpc) is 2.61. The molecule has 0 aliphatic carbocycles. The van der Waals surface area contributed by atoms with E-state index >= 15 is 0 Å². The van der Waals surface area contributed by atoms with Gasteiger partial charge in [0.2, 0.25) is 0 Å². The van der Waals surface area contributed by atoms with Crippen molar-refractivity contribution in [2.45, 2.75) is 6.92 Å². The van der Waals surface area contributed by atoms with E-state index in [4.69, 9.17) is 0 Å². The van der Waals surface area contributed by atoms with E-state index in [-0.39, 0.29) is 11.5 Å². The van der Waals surface area contributed by atoms with Gasteiger partial charge in [-0.2, -0.15) is 5.10 Å². The van der Waals surface area contributed by atoms with Crippen molar-refractivity contribution in [3.8, 4) is 22.9 Å². The number of benzene rings is 2. The Bertz CT molecular complexity index is 908. The van der Waals surface area contributed by atoms with Gasteiger partial charge >= 0.3 is 0 Å². The third-order valence-corrected chi connectivity index (χ3v) is 3.59. The van der Waals surface area contributed by atoms with Gasteiger partial charge in [0.25, 0.3) is 0 Å². The number of nitrogens with zero attached hydrogens (tertiary/aromatic N) is 4. The largest absolute Gasteiger partial charge is 0.508 e. The number of phenols is 2. The monoisotopic (exact) mass is 334 g/mol. The van der Waals surface area contributed by atoms with Crippen molar-refractivity contribution >= 4 is 12.0 Å². The quantitative estimate of drug-likeness (QED) is 0.565. The van der Waals surface area contributed by atoms with E-state index in [1.807, 2.05) is 19.1 Å². The minimum absolute atomic E-state index is 0.134. The summed E-state index contributed by atoms with van der Waals surface area (Å²) in [5.74, 6) is 1.40. The molecule has 0 spiro atoms. The van der Waals surface area contributed by atoms with Crippen LogP contribution in [0, 0.1) is 6.92 Å². The standard InChI is InChI=1S/C19H18N4O2/c1-13-11-18(22-19(21-13)16-5-3-4-6-17(16)25)23(2)20-12-14-7-9-15(24)10-8-14/h3-12,24-25H,1-2H3/b20-12+. The Morgan fingerprint density at radius 1 is 1.00 bits per heavy atom. The molecule has 0 atom stereocenters. The maximum absolute atomic E-state index is 10.0. The van der Waals surface area contributed by atoms with Crippen molar-refractivity contribution in [2.75, 3.05) is 12.1 Å². The predicted octanol–water partition coefficient (Wildman–Crippen LogP) is 3.33. The number of para-hydroxylation sites is 1. The third-order valence-electron chi connectivity index (χ3n) is 3.59. The van der Waals surface area contributed by atoms with Gasteiger partial charge in [0, 0.05) is 18.8 Å². The molecule has 0 saturated carbocycles. The van der Waals surface area contributed by atoms with E-state index in [2.05, 4.69) is 15.1 Å². The molecule has 6 heteroatoms. The van der Waals surface area contributed by atoms with E-state index in [9.17, 15) is 10.2 Å². The van der Waals surface area contributed by atoms with Crippen LogP contribution in [-0.2, 0) is 0 Å². The Labute approximate surface area is 145 Å². The highest BCUT2D eigenvalue weighted by Gasteiger charge is 2.10. The third kappa shape index (κ3) is 3.92. The van der Waals surface area contributed by atoms with Crippen LogP contribution in [-0.4, -0.2) is 33.4 Å². The molecule has 0 aliphatic heterocycles. The van der Waals surface area contributed by atoms with Gasteiger partial charge in [-0.1, -0.05) is 12.1 Å². The smallest absolute Gasteiger partial charge is 0.165 e. The summed E-state index contributed by atoms with van der Waals surface area (Å²) in [5.41, 5.74) is 2.20. The van der Waals surface area contributed by atoms with Crippen molar-refractivity contribution < 1.29 is 10.2 Å². The number of hydrogen-bond donors (Lipinski definition) is 2. The predicted molar refractivity (Wildman–Crippen MR) is 98.0 cm³/mol. The fourth-order valence-corrected chi connectivity index (χ4v) is 2.27. The Balaban J connectivity index is 1.89. The minimum atomic E-state index is 0.134. The van der Waals surface area contributed by atoms with Crippen LogP contribution < -0.4 is 5.01 Å². The molecule has 3 rings (SSSR count). The molecular formula is C19H18N4O2. The van der Waals surface area contributed by atoms with Crippen LogP contribution >= 0.6 is 0 Å². The first kappa shape index (κ1) is 16.4. The molecule has 6 nitrogen and oxygen atoms in total. The zero-order valence-corrected chi connectivity index (χ0v) is 14.0. The molecule has 1 heterocycles. The van der Waals surface area contributed by atoms with E-state index in [0.29, 0.717) is 17.2 Å². The molecule has 0 bridgehead atoms. The molecular weight excluding hydrogens is 316 g/mol. The number of anilines is 1. The minimum Gasteiger partial charge on any atom is -0.508 e. The van der Waals surface area contributed by atoms with Crippen LogP contribution in [0.5, 0.6) is 11.5 Å². The molecule has 2 aromatic carbocycles. The van der Waals surface area contributed by atoms with Crippen molar-refractivity contribution in [3.05, 3.63) is 65.9 Å². The number of aromatic nitrogens is 2. The normalized spacial score (nSPS) is 11.0. The molecule has 0 amide bonds. The molecule has 0 aliphatic rings. The van der Waals surface area contributed by atoms with Gasteiger partial charge in [0.1, 0.15) is 11.5 Å². The lowest BCUT2D eigenvalue weighted by atomic mass is 10.2. The molecule has 1 aromatic heterocycles. The second kappa shape index (κ2) is 7.00. The topological polar surface area (TPSA) is 81.8 Å². The van der Waals surface area contributed by atoms with Gasteiger partial charge in [0.05, 0.1) is 11.8 Å². The number of hydrazone groups is 1. The van der Waals surface area contributed by atoms with E-state index < -0.39 is 0 Å². The molecule has 0 fully saturated rings. The van der Waals surface area contributed by atoms with E-state index in [1.165, 1.54) is 0 Å². The Morgan fingerprint density at radius 2 is 1.72 bits per heavy atom. The highest BCUT2D eigenvalue weighted by atomic mass is 16.3. The number of phenolic OH excluding ortho intramolecular Hbond substituents is 2. The summed E-state index contributed by atoms with van der Waals surface area (Å²) in [7, 11) is 1.79. The van der Waals surface area contributed by atoms with E-state index in [0.717, 1.165) is 11.3 Å². The SMILES string of the molecule is Cc1cc(N(C)/N=C/c2ccc(O)cc2)nc(-c2ccccc2O)n1. The van der Waals surface area contributed by atoms with Crippen molar-refractivity contribution in [3.63, 3.8) is 0 Å². The zero-order valence-electron chi connectivity index (χ0n) is 14.0. The summed E-state index contributed by atoms with van der Waals surface area (Å²) in [6.45, 7) is 1.87. The lowest BCUT2D eigenvalue weighted by Crippen LogP contribution is -2.12. The summed E-state index contributed by atoms with van der Waals surface area (Å²) in [4.78, 5) is 8.89. The number of rotatable bonds is 4. The summed E-state index contributed by atoms with van der Waals surface area (Å²) < 4.78 is 0. The van der Waals surface area contributed by atoms with Gasteiger partial charge in [-0.3, -0.25) is 5.01 Å². The fourth-order valence-electron chi connectivity index (χ4n) is 2.27. The zero-order chi connectivity index (χ0) is 17.8. The number of aryl methyl sites for hydroxylation is 1. The second-order valence-corrected chi connectivity index (χ2v) is 5.57. The second-order valence-electron chi connectivity index (χ2n) is 5.57. The maximum Gasteiger partial charge on any atom is 0.165 e. The number of aromatic hydroxyl groups is 2. The maximum atomic E-state index is 10.0. The highest BCUT2D eigenvalue weighted by molar-refractivity contribution is 5.80. The molecule has 2 N–H and O–H groups in total. The van der Waals surface area contributed by atoms with Crippen molar-refractivity contribution in [2.24, 2.45) is 5.10 Å². The first-order chi connectivity index (χ1) is 12.0. The molecule has 0 unspecified atom stereocenters. The van der Waals surface area contributed by atoms with Crippen molar-refractivity contribution in [1.29, 1.82) is 0 Å². The van der Waals surface area contributed by atoms with Gasteiger partial charge < -0.3 is 10.2 Å². The molecule has 126 valence electrons. The first-order valence-corrected chi connectivity index (χ1v) is 7.74. The Hall–Kier alpha value is -3.41. The highest BCUT2D eigenvalue weighted by Crippen LogP contribution is 2.27. The van der Waals surface area contributed by atoms with Crippen LogP contribution in [0.15, 0.2) is 59.7 Å². The summed E-state index contributed by atoms with van der Waals surface area (Å²) in [6, 6.07) is 15.5. The lowest BCUT2D eigenvalue weighted by Gasteiger charge is -2.14. The fraction of sp³-hybridized carbons (Fsp3) is 0.105. The van der Waals surface area contributed by atoms with Gasteiger partial charge in [-0.05, 0) is 48.9 Å². The number of hydrogen-bond acceptors (Lipinski definition) is 6. The van der Waals surface area contributed by atoms with Crippen molar-refractivity contribution in [1.82, 2.24) is 9.97 Å². The molecule has 3 aromatic rings. The first-order valence-electron chi connectivity index (χ1n) is 7.74. The molecule has 25 heavy (non-hydrogen) atoms. The Kier molecular flexibility index (Phi) is 4.61. The lowest BCUT2D eigenvalue weighted by molar-refractivity contribution is 0.475. The van der Waals surface area contributed by atoms with Crippen LogP contribution in [0.1, 0.15) is 11.3 Å². The summed E-state index contributed by atoms with van der Waals surface area (Å²) in [6.07, 6.45) is 1.68. The van der Waals surface area contributed by atoms with Crippen LogP contribution in [0.2, 0.25) is 0 Å². The van der Waals surface area contributed by atoms with Gasteiger partial charge in [-0.15, -0.1) is 0 Å². The van der Waals surface area contributed by atoms with Crippen LogP contribution in [0.4, 0.5) is 5.82 Å². The van der Waals surface area contributed by atoms with Gasteiger partial charge in [-0.25, -0.2) is 9.97 Å². The Morgan fingerprint density at radius 3 is 2.44 bits per heavy atom. The van der Waals surface area contributed by atoms with Crippen LogP contribution in [0.25, 0.3) is 11.4 Å². The van der Waals surface area contributed by atoms with Crippen LogP contribution in [0.3, 0.4) is 0 Å². The molecule has 0 radical (unpaired) electrons.